The lowest BCUT2D eigenvalue weighted by atomic mass is 10.0. The summed E-state index contributed by atoms with van der Waals surface area (Å²) in [5.41, 5.74) is 2.77. The van der Waals surface area contributed by atoms with E-state index in [9.17, 15) is 42.3 Å². The molecule has 14 heteroatoms. The first-order valence-electron chi connectivity index (χ1n) is 17.6. The van der Waals surface area contributed by atoms with Gasteiger partial charge in [-0.05, 0) is 73.6 Å². The second-order valence-corrected chi connectivity index (χ2v) is 12.9. The zero-order chi connectivity index (χ0) is 39.8. The van der Waals surface area contributed by atoms with Crippen molar-refractivity contribution < 1.29 is 47.0 Å². The van der Waals surface area contributed by atoms with Crippen LogP contribution < -0.4 is 26.0 Å². The number of fused-ring (bicyclic) bond motifs is 16. The predicted molar refractivity (Wildman–Crippen MR) is 198 cm³/mol. The monoisotopic (exact) mass is 760 g/mol. The van der Waals surface area contributed by atoms with Gasteiger partial charge in [-0.15, -0.1) is 0 Å². The number of alkyl halides is 3. The van der Waals surface area contributed by atoms with Crippen molar-refractivity contribution >= 4 is 29.6 Å². The van der Waals surface area contributed by atoms with Gasteiger partial charge in [-0.3, -0.25) is 19.2 Å². The molecular formula is C41H43F3N4O7. The summed E-state index contributed by atoms with van der Waals surface area (Å²) in [4.78, 5) is 64.2. The summed E-state index contributed by atoms with van der Waals surface area (Å²) in [6.45, 7) is 0.945. The maximum Gasteiger partial charge on any atom is 0.416 e. The molecule has 0 radical (unpaired) electrons. The molecule has 0 aliphatic carbocycles. The number of carbonyl (C=O) groups excluding carboxylic acids is 4. The van der Waals surface area contributed by atoms with Crippen LogP contribution in [0.4, 0.5) is 13.2 Å². The van der Waals surface area contributed by atoms with Crippen LogP contribution in [0.5, 0.6) is 5.75 Å². The Morgan fingerprint density at radius 2 is 1.24 bits per heavy atom. The van der Waals surface area contributed by atoms with E-state index in [-0.39, 0.29) is 25.9 Å². The number of benzene rings is 4. The minimum absolute atomic E-state index is 0.0135. The number of carbonyl (C=O) groups is 5. The summed E-state index contributed by atoms with van der Waals surface area (Å²) in [5, 5.41) is 20.3. The van der Waals surface area contributed by atoms with E-state index in [0.29, 0.717) is 24.2 Å². The van der Waals surface area contributed by atoms with E-state index < -0.39 is 66.0 Å². The van der Waals surface area contributed by atoms with E-state index in [0.717, 1.165) is 28.8 Å². The van der Waals surface area contributed by atoms with Crippen molar-refractivity contribution in [2.24, 2.45) is 0 Å². The van der Waals surface area contributed by atoms with Crippen LogP contribution in [-0.2, 0) is 49.4 Å². The number of hydrogen-bond donors (Lipinski definition) is 5. The summed E-state index contributed by atoms with van der Waals surface area (Å²) in [6, 6.07) is 27.1. The molecule has 6 rings (SSSR count). The predicted octanol–water partition coefficient (Wildman–Crippen LogP) is 4.56. The maximum absolute atomic E-state index is 13.3. The molecule has 0 unspecified atom stereocenters. The first kappa shape index (κ1) is 41.6. The number of aryl methyl sites for hydroxylation is 3. The molecule has 290 valence electrons. The molecule has 5 N–H and O–H groups in total. The highest BCUT2D eigenvalue weighted by atomic mass is 19.4. The highest BCUT2D eigenvalue weighted by Crippen LogP contribution is 2.28. The first-order chi connectivity index (χ1) is 26.3. The molecule has 2 bridgehead atoms. The molecule has 0 aromatic heterocycles. The molecule has 4 amide bonds. The van der Waals surface area contributed by atoms with Crippen molar-refractivity contribution in [3.63, 3.8) is 0 Å². The summed E-state index contributed by atoms with van der Waals surface area (Å²) >= 11 is 0. The normalized spacial score (nSPS) is 18.4. The number of nitrogens with one attached hydrogen (secondary N) is 4. The van der Waals surface area contributed by atoms with Gasteiger partial charge in [0.05, 0.1) is 12.1 Å². The lowest BCUT2D eigenvalue weighted by Crippen LogP contribution is -2.54. The summed E-state index contributed by atoms with van der Waals surface area (Å²) in [7, 11) is 0. The number of carboxylic acid groups (broad SMARTS) is 1. The van der Waals surface area contributed by atoms with Crippen LogP contribution in [0.15, 0.2) is 109 Å². The van der Waals surface area contributed by atoms with Gasteiger partial charge in [-0.2, -0.15) is 13.2 Å². The Balaban J connectivity index is 0.000000525. The summed E-state index contributed by atoms with van der Waals surface area (Å²) < 4.78 is 41.3. The molecule has 2 heterocycles. The highest BCUT2D eigenvalue weighted by molar-refractivity contribution is 5.93. The van der Waals surface area contributed by atoms with Crippen molar-refractivity contribution in [3.05, 3.63) is 137 Å². The summed E-state index contributed by atoms with van der Waals surface area (Å²) in [5.74, 6) is -3.24. The number of rotatable bonds is 7. The third-order valence-corrected chi connectivity index (χ3v) is 8.58. The van der Waals surface area contributed by atoms with Gasteiger partial charge in [0.15, 0.2) is 6.61 Å². The van der Waals surface area contributed by atoms with E-state index in [1.807, 2.05) is 60.7 Å². The van der Waals surface area contributed by atoms with Crippen LogP contribution in [0.25, 0.3) is 0 Å². The molecular weight excluding hydrogens is 717 g/mol. The molecule has 4 aromatic rings. The van der Waals surface area contributed by atoms with Gasteiger partial charge in [0, 0.05) is 6.42 Å². The van der Waals surface area contributed by atoms with Crippen molar-refractivity contribution in [3.8, 4) is 5.75 Å². The molecule has 0 saturated heterocycles. The second-order valence-electron chi connectivity index (χ2n) is 12.9. The van der Waals surface area contributed by atoms with Crippen molar-refractivity contribution in [1.82, 2.24) is 21.3 Å². The molecule has 2 aliphatic heterocycles. The van der Waals surface area contributed by atoms with E-state index in [1.54, 1.807) is 31.2 Å². The van der Waals surface area contributed by atoms with Gasteiger partial charge < -0.3 is 31.1 Å². The third kappa shape index (κ3) is 14.3. The Morgan fingerprint density at radius 1 is 0.709 bits per heavy atom. The lowest BCUT2D eigenvalue weighted by Gasteiger charge is -2.22. The second kappa shape index (κ2) is 20.3. The number of carboxylic acids is 1. The van der Waals surface area contributed by atoms with Gasteiger partial charge >= 0.3 is 12.1 Å². The van der Waals surface area contributed by atoms with Crippen LogP contribution in [0.3, 0.4) is 0 Å². The van der Waals surface area contributed by atoms with Gasteiger partial charge in [-0.25, -0.2) is 4.79 Å². The standard InChI is InChI=1S/C33H36N4O7.C8H7F3/c38-29-20-34-31(40)26(17-13-22-7-3-1-4-8-22)36-30(39)21-44-25-15-11-24(12-16-25)19-28(33(42)43)37-32(41)27(35-29)18-14-23-9-5-2-6-10-23;1-6-2-4-7(5-3-6)8(9,10)11/h1-12,15-16,26-28H,13-14,17-21H2,(H,34,40)(H,35,38)(H,36,39)(H,37,41)(H,42,43);2-5H,1H3/t26-,27-,28+;/m1./s1. The topological polar surface area (TPSA) is 163 Å². The lowest BCUT2D eigenvalue weighted by molar-refractivity contribution is -0.142. The van der Waals surface area contributed by atoms with Crippen molar-refractivity contribution in [2.45, 2.75) is 63.3 Å². The van der Waals surface area contributed by atoms with Crippen LogP contribution >= 0.6 is 0 Å². The molecule has 11 nitrogen and oxygen atoms in total. The van der Waals surface area contributed by atoms with Gasteiger partial charge in [-0.1, -0.05) is 90.5 Å². The first-order valence-corrected chi connectivity index (χ1v) is 17.6. The van der Waals surface area contributed by atoms with Crippen LogP contribution in [-0.4, -0.2) is 66.0 Å². The molecule has 55 heavy (non-hydrogen) atoms. The smallest absolute Gasteiger partial charge is 0.416 e. The SMILES string of the molecule is Cc1ccc(C(F)(F)F)cc1.O=C1COc2ccc(cc2)C[C@@H](C(=O)O)NC(=O)[C@@H](CCc2ccccc2)NC(=O)CNC(=O)[C@@H](CCc2ccccc2)N1. The van der Waals surface area contributed by atoms with Gasteiger partial charge in [0.25, 0.3) is 5.91 Å². The van der Waals surface area contributed by atoms with E-state index in [4.69, 9.17) is 4.74 Å². The number of ether oxygens (including phenoxy) is 1. The molecule has 0 saturated carbocycles. The fourth-order valence-electron chi connectivity index (χ4n) is 5.54. The van der Waals surface area contributed by atoms with Crippen LogP contribution in [0.2, 0.25) is 0 Å². The van der Waals surface area contributed by atoms with E-state index in [1.165, 1.54) is 12.1 Å². The average Bonchev–Trinajstić information content (AvgIpc) is 3.17. The average molecular weight is 761 g/mol. The van der Waals surface area contributed by atoms with Gasteiger partial charge in [0.1, 0.15) is 23.9 Å². The van der Waals surface area contributed by atoms with Gasteiger partial charge in [0.2, 0.25) is 17.7 Å². The minimum Gasteiger partial charge on any atom is -0.484 e. The fourth-order valence-corrected chi connectivity index (χ4v) is 5.54. The van der Waals surface area contributed by atoms with Crippen molar-refractivity contribution in [2.75, 3.05) is 13.2 Å². The Hall–Kier alpha value is -6.18. The molecule has 3 atom stereocenters. The number of hydrogen-bond acceptors (Lipinski definition) is 6. The van der Waals surface area contributed by atoms with E-state index >= 15 is 0 Å². The number of amides is 4. The quantitative estimate of drug-likeness (QED) is 0.173. The Kier molecular flexibility index (Phi) is 15.4. The van der Waals surface area contributed by atoms with Crippen LogP contribution in [0.1, 0.15) is 40.7 Å². The third-order valence-electron chi connectivity index (χ3n) is 8.58. The highest BCUT2D eigenvalue weighted by Gasteiger charge is 2.30. The molecule has 2 aliphatic rings. The largest absolute Gasteiger partial charge is 0.484 e. The molecule has 4 aromatic carbocycles. The Bertz CT molecular complexity index is 1870. The number of halogens is 3. The fraction of sp³-hybridized carbons (Fsp3) is 0.293. The maximum atomic E-state index is 13.3. The zero-order valence-electron chi connectivity index (χ0n) is 30.1. The molecule has 0 spiro atoms. The van der Waals surface area contributed by atoms with Crippen molar-refractivity contribution in [1.29, 1.82) is 0 Å². The number of aliphatic carboxylic acids is 1. The molecule has 0 fully saturated rings. The Labute approximate surface area is 316 Å². The van der Waals surface area contributed by atoms with E-state index in [2.05, 4.69) is 21.3 Å². The zero-order valence-corrected chi connectivity index (χ0v) is 30.1. The summed E-state index contributed by atoms with van der Waals surface area (Å²) in [6.07, 6.45) is -2.81. The van der Waals surface area contributed by atoms with Crippen LogP contribution in [0, 0.1) is 6.92 Å². The Morgan fingerprint density at radius 3 is 1.76 bits per heavy atom. The minimum atomic E-state index is -4.21.